The molecule has 0 saturated heterocycles. The number of nitrogens with one attached hydrogen (secondary N) is 1. The lowest BCUT2D eigenvalue weighted by molar-refractivity contribution is -0.142. The summed E-state index contributed by atoms with van der Waals surface area (Å²) in [7, 11) is 3.26. The van der Waals surface area contributed by atoms with Crippen molar-refractivity contribution in [2.24, 2.45) is 7.05 Å². The van der Waals surface area contributed by atoms with E-state index in [2.05, 4.69) is 5.32 Å². The Morgan fingerprint density at radius 2 is 2.14 bits per heavy atom. The minimum Gasteiger partial charge on any atom is -0.467 e. The number of esters is 1. The molecule has 118 valence electrons. The maximum atomic E-state index is 12.4. The molecule has 1 N–H and O–H groups in total. The van der Waals surface area contributed by atoms with E-state index in [1.807, 2.05) is 42.3 Å². The van der Waals surface area contributed by atoms with Crippen LogP contribution in [0.5, 0.6) is 0 Å². The van der Waals surface area contributed by atoms with Gasteiger partial charge in [-0.15, -0.1) is 0 Å². The van der Waals surface area contributed by atoms with Gasteiger partial charge in [-0.05, 0) is 42.0 Å². The van der Waals surface area contributed by atoms with Crippen molar-refractivity contribution in [2.45, 2.75) is 12.5 Å². The van der Waals surface area contributed by atoms with Crippen LogP contribution in [0, 0.1) is 0 Å². The molecule has 0 saturated carbocycles. The summed E-state index contributed by atoms with van der Waals surface area (Å²) in [5.74, 6) is 0.0959. The van der Waals surface area contributed by atoms with Crippen LogP contribution in [0.15, 0.2) is 30.5 Å². The number of thioether (sulfide) groups is 1. The predicted octanol–water partition coefficient (Wildman–Crippen LogP) is 2.20. The van der Waals surface area contributed by atoms with Crippen LogP contribution in [-0.2, 0) is 16.6 Å². The molecule has 1 atom stereocenters. The van der Waals surface area contributed by atoms with E-state index in [-0.39, 0.29) is 5.91 Å². The van der Waals surface area contributed by atoms with Gasteiger partial charge in [-0.1, -0.05) is 6.07 Å². The summed E-state index contributed by atoms with van der Waals surface area (Å²) in [6.45, 7) is 0. The highest BCUT2D eigenvalue weighted by molar-refractivity contribution is 7.98. The Labute approximate surface area is 134 Å². The van der Waals surface area contributed by atoms with Gasteiger partial charge in [0.25, 0.3) is 5.91 Å². The van der Waals surface area contributed by atoms with Crippen LogP contribution < -0.4 is 5.32 Å². The Kier molecular flexibility index (Phi) is 5.49. The summed E-state index contributed by atoms with van der Waals surface area (Å²) < 4.78 is 6.71. The third-order valence-corrected chi connectivity index (χ3v) is 4.20. The summed E-state index contributed by atoms with van der Waals surface area (Å²) >= 11 is 1.62. The quantitative estimate of drug-likeness (QED) is 0.829. The molecule has 2 aromatic rings. The van der Waals surface area contributed by atoms with E-state index >= 15 is 0 Å². The molecule has 1 heterocycles. The van der Waals surface area contributed by atoms with E-state index in [4.69, 9.17) is 4.74 Å². The van der Waals surface area contributed by atoms with Crippen molar-refractivity contribution in [3.63, 3.8) is 0 Å². The van der Waals surface area contributed by atoms with E-state index in [0.29, 0.717) is 12.0 Å². The van der Waals surface area contributed by atoms with Gasteiger partial charge in [-0.3, -0.25) is 4.79 Å². The number of rotatable bonds is 6. The van der Waals surface area contributed by atoms with Crippen LogP contribution in [0.2, 0.25) is 0 Å². The normalized spacial score (nSPS) is 12.1. The molecule has 1 aromatic heterocycles. The fourth-order valence-corrected chi connectivity index (χ4v) is 2.74. The van der Waals surface area contributed by atoms with Crippen molar-refractivity contribution in [3.05, 3.63) is 36.0 Å². The Morgan fingerprint density at radius 3 is 2.82 bits per heavy atom. The van der Waals surface area contributed by atoms with Crippen LogP contribution in [0.1, 0.15) is 16.8 Å². The Morgan fingerprint density at radius 1 is 1.36 bits per heavy atom. The first-order chi connectivity index (χ1) is 10.6. The van der Waals surface area contributed by atoms with Crippen molar-refractivity contribution in [1.29, 1.82) is 0 Å². The number of benzene rings is 1. The summed E-state index contributed by atoms with van der Waals surface area (Å²) in [5.41, 5.74) is 1.51. The van der Waals surface area contributed by atoms with Gasteiger partial charge in [0.05, 0.1) is 7.11 Å². The number of hydrogen-bond donors (Lipinski definition) is 1. The number of amides is 1. The number of carbonyl (C=O) groups is 2. The minimum atomic E-state index is -0.617. The largest absolute Gasteiger partial charge is 0.467 e. The van der Waals surface area contributed by atoms with Gasteiger partial charge in [-0.25, -0.2) is 4.79 Å². The molecule has 0 unspecified atom stereocenters. The van der Waals surface area contributed by atoms with Gasteiger partial charge >= 0.3 is 5.97 Å². The molecule has 2 rings (SSSR count). The molecule has 1 aromatic carbocycles. The number of aromatic nitrogens is 1. The zero-order valence-electron chi connectivity index (χ0n) is 13.0. The molecular weight excluding hydrogens is 300 g/mol. The van der Waals surface area contributed by atoms with Gasteiger partial charge < -0.3 is 14.6 Å². The number of nitrogens with zero attached hydrogens (tertiary/aromatic N) is 1. The van der Waals surface area contributed by atoms with Crippen molar-refractivity contribution < 1.29 is 14.3 Å². The molecule has 6 heteroatoms. The minimum absolute atomic E-state index is 0.264. The molecule has 0 aliphatic heterocycles. The lowest BCUT2D eigenvalue weighted by atomic mass is 10.1. The molecule has 5 nitrogen and oxygen atoms in total. The van der Waals surface area contributed by atoms with Crippen molar-refractivity contribution >= 4 is 34.5 Å². The zero-order valence-corrected chi connectivity index (χ0v) is 13.8. The summed E-state index contributed by atoms with van der Waals surface area (Å²) in [4.78, 5) is 24.1. The second-order valence-corrected chi connectivity index (χ2v) is 6.02. The van der Waals surface area contributed by atoms with Crippen LogP contribution >= 0.6 is 11.8 Å². The van der Waals surface area contributed by atoms with Crippen LogP contribution in [-0.4, -0.2) is 41.6 Å². The lowest BCUT2D eigenvalue weighted by Gasteiger charge is -2.16. The number of aryl methyl sites for hydroxylation is 1. The molecule has 22 heavy (non-hydrogen) atoms. The maximum Gasteiger partial charge on any atom is 0.328 e. The van der Waals surface area contributed by atoms with Crippen LogP contribution in [0.3, 0.4) is 0 Å². The van der Waals surface area contributed by atoms with Gasteiger partial charge in [0.15, 0.2) is 0 Å². The van der Waals surface area contributed by atoms with Crippen LogP contribution in [0.25, 0.3) is 10.9 Å². The van der Waals surface area contributed by atoms with Gasteiger partial charge in [0.2, 0.25) is 0 Å². The van der Waals surface area contributed by atoms with Gasteiger partial charge in [0, 0.05) is 24.3 Å². The molecule has 0 bridgehead atoms. The SMILES string of the molecule is COC(=O)[C@H](CCSC)NC(=O)c1ccc2ccn(C)c2c1. The molecule has 1 amide bonds. The van der Waals surface area contributed by atoms with Crippen LogP contribution in [0.4, 0.5) is 0 Å². The fourth-order valence-electron chi connectivity index (χ4n) is 2.27. The standard InChI is InChI=1S/C16H20N2O3S/c1-18-8-6-11-4-5-12(10-14(11)18)15(19)17-13(7-9-22-3)16(20)21-2/h4-6,8,10,13H,7,9H2,1-3H3,(H,17,19)/t13-/m0/s1. The Hall–Kier alpha value is -1.95. The molecule has 0 fully saturated rings. The molecular formula is C16H20N2O3S. The Balaban J connectivity index is 2.16. The maximum absolute atomic E-state index is 12.4. The van der Waals surface area contributed by atoms with Crippen molar-refractivity contribution in [1.82, 2.24) is 9.88 Å². The van der Waals surface area contributed by atoms with Crippen molar-refractivity contribution in [3.8, 4) is 0 Å². The summed E-state index contributed by atoms with van der Waals surface area (Å²) in [6.07, 6.45) is 4.45. The van der Waals surface area contributed by atoms with Crippen molar-refractivity contribution in [2.75, 3.05) is 19.1 Å². The highest BCUT2D eigenvalue weighted by Crippen LogP contribution is 2.17. The molecule has 0 aliphatic rings. The van der Waals surface area contributed by atoms with E-state index in [1.54, 1.807) is 17.8 Å². The number of fused-ring (bicyclic) bond motifs is 1. The molecule has 0 spiro atoms. The average Bonchev–Trinajstić information content (AvgIpc) is 2.91. The Bertz CT molecular complexity index is 681. The first-order valence-corrected chi connectivity index (χ1v) is 8.39. The van der Waals surface area contributed by atoms with E-state index in [0.717, 1.165) is 16.7 Å². The second-order valence-electron chi connectivity index (χ2n) is 5.03. The first kappa shape index (κ1) is 16.4. The predicted molar refractivity (Wildman–Crippen MR) is 89.2 cm³/mol. The smallest absolute Gasteiger partial charge is 0.328 e. The van der Waals surface area contributed by atoms with E-state index < -0.39 is 12.0 Å². The third kappa shape index (κ3) is 3.62. The highest BCUT2D eigenvalue weighted by atomic mass is 32.2. The monoisotopic (exact) mass is 320 g/mol. The number of methoxy groups -OCH3 is 1. The zero-order chi connectivity index (χ0) is 16.1. The number of carbonyl (C=O) groups excluding carboxylic acids is 2. The van der Waals surface area contributed by atoms with E-state index in [1.165, 1.54) is 7.11 Å². The fraction of sp³-hybridized carbons (Fsp3) is 0.375. The molecule has 0 aliphatic carbocycles. The number of hydrogen-bond acceptors (Lipinski definition) is 4. The average molecular weight is 320 g/mol. The number of ether oxygens (including phenoxy) is 1. The van der Waals surface area contributed by atoms with E-state index in [9.17, 15) is 9.59 Å². The summed E-state index contributed by atoms with van der Waals surface area (Å²) in [6, 6.07) is 6.87. The van der Waals surface area contributed by atoms with Gasteiger partial charge in [-0.2, -0.15) is 11.8 Å². The van der Waals surface area contributed by atoms with Gasteiger partial charge in [0.1, 0.15) is 6.04 Å². The first-order valence-electron chi connectivity index (χ1n) is 6.99. The topological polar surface area (TPSA) is 60.3 Å². The highest BCUT2D eigenvalue weighted by Gasteiger charge is 2.21. The lowest BCUT2D eigenvalue weighted by Crippen LogP contribution is -2.41. The third-order valence-electron chi connectivity index (χ3n) is 3.55. The second kappa shape index (κ2) is 7.35. The molecule has 0 radical (unpaired) electrons. The summed E-state index contributed by atoms with van der Waals surface area (Å²) in [5, 5.41) is 3.83.